The number of thioether (sulfide) groups is 1. The Hall–Kier alpha value is -0.910. The van der Waals surface area contributed by atoms with Crippen LogP contribution in [-0.2, 0) is 4.79 Å². The van der Waals surface area contributed by atoms with E-state index >= 15 is 0 Å². The van der Waals surface area contributed by atoms with Crippen molar-refractivity contribution >= 4 is 23.8 Å². The number of urea groups is 1. The summed E-state index contributed by atoms with van der Waals surface area (Å²) in [6.07, 6.45) is 2.57. The molecule has 0 atom stereocenters. The zero-order valence-electron chi connectivity index (χ0n) is 9.98. The number of hydrogen-bond donors (Lipinski definition) is 2. The topological polar surface area (TPSA) is 69.6 Å². The highest BCUT2D eigenvalue weighted by Gasteiger charge is 2.14. The van der Waals surface area contributed by atoms with E-state index in [1.54, 1.807) is 0 Å². The fraction of sp³-hybridized carbons (Fsp3) is 0.818. The van der Waals surface area contributed by atoms with Gasteiger partial charge in [-0.15, -0.1) is 0 Å². The third kappa shape index (κ3) is 6.41. The van der Waals surface area contributed by atoms with Crippen molar-refractivity contribution < 1.29 is 14.7 Å². The zero-order valence-corrected chi connectivity index (χ0v) is 10.8. The van der Waals surface area contributed by atoms with Gasteiger partial charge in [0.2, 0.25) is 0 Å². The van der Waals surface area contributed by atoms with Gasteiger partial charge >= 0.3 is 12.0 Å². The number of carboxylic acids is 1. The van der Waals surface area contributed by atoms with Crippen molar-refractivity contribution in [1.82, 2.24) is 10.2 Å². The Bertz CT molecular complexity index is 253. The molecule has 5 nitrogen and oxygen atoms in total. The molecule has 0 radical (unpaired) electrons. The lowest BCUT2D eigenvalue weighted by atomic mass is 10.2. The molecule has 0 saturated carbocycles. The van der Waals surface area contributed by atoms with Gasteiger partial charge in [0, 0.05) is 31.8 Å². The predicted octanol–water partition coefficient (Wildman–Crippen LogP) is 1.39. The minimum Gasteiger partial charge on any atom is -0.481 e. The highest BCUT2D eigenvalue weighted by atomic mass is 32.2. The van der Waals surface area contributed by atoms with Crippen molar-refractivity contribution in [2.75, 3.05) is 31.1 Å². The third-order valence-corrected chi connectivity index (χ3v) is 3.65. The minimum atomic E-state index is -0.777. The molecule has 1 saturated heterocycles. The average Bonchev–Trinajstić information content (AvgIpc) is 2.56. The van der Waals surface area contributed by atoms with Crippen LogP contribution in [-0.4, -0.2) is 53.1 Å². The molecule has 6 heteroatoms. The Labute approximate surface area is 106 Å². The predicted molar refractivity (Wildman–Crippen MR) is 68.4 cm³/mol. The van der Waals surface area contributed by atoms with E-state index in [1.807, 2.05) is 16.7 Å². The van der Waals surface area contributed by atoms with Crippen LogP contribution >= 0.6 is 11.8 Å². The number of unbranched alkanes of at least 4 members (excludes halogenated alkanes) is 1. The van der Waals surface area contributed by atoms with Crippen molar-refractivity contribution in [3.63, 3.8) is 0 Å². The standard InChI is InChI=1S/C11H20N2O3S/c14-10(15)4-1-2-5-12-11(16)13-6-3-8-17-9-7-13/h1-9H2,(H,12,16)(H,14,15). The Kier molecular flexibility index (Phi) is 6.84. The summed E-state index contributed by atoms with van der Waals surface area (Å²) >= 11 is 1.89. The maximum absolute atomic E-state index is 11.7. The molecule has 1 fully saturated rings. The highest BCUT2D eigenvalue weighted by Crippen LogP contribution is 2.09. The summed E-state index contributed by atoms with van der Waals surface area (Å²) < 4.78 is 0. The molecule has 0 aromatic carbocycles. The lowest BCUT2D eigenvalue weighted by Gasteiger charge is -2.20. The van der Waals surface area contributed by atoms with E-state index in [-0.39, 0.29) is 12.5 Å². The molecule has 0 aromatic rings. The number of amides is 2. The van der Waals surface area contributed by atoms with E-state index in [9.17, 15) is 9.59 Å². The Morgan fingerprint density at radius 2 is 2.06 bits per heavy atom. The van der Waals surface area contributed by atoms with Gasteiger partial charge in [0.05, 0.1) is 0 Å². The fourth-order valence-corrected chi connectivity index (χ4v) is 2.54. The Morgan fingerprint density at radius 1 is 1.24 bits per heavy atom. The lowest BCUT2D eigenvalue weighted by molar-refractivity contribution is -0.137. The van der Waals surface area contributed by atoms with Gasteiger partial charge in [-0.1, -0.05) is 0 Å². The Morgan fingerprint density at radius 3 is 2.82 bits per heavy atom. The zero-order chi connectivity index (χ0) is 12.5. The summed E-state index contributed by atoms with van der Waals surface area (Å²) in [6, 6.07) is -0.0113. The van der Waals surface area contributed by atoms with Crippen molar-refractivity contribution in [3.8, 4) is 0 Å². The van der Waals surface area contributed by atoms with Crippen molar-refractivity contribution in [2.45, 2.75) is 25.7 Å². The largest absolute Gasteiger partial charge is 0.481 e. The first kappa shape index (κ1) is 14.2. The molecule has 0 aliphatic carbocycles. The first-order valence-corrected chi connectivity index (χ1v) is 7.18. The number of rotatable bonds is 5. The number of hydrogen-bond acceptors (Lipinski definition) is 3. The first-order valence-electron chi connectivity index (χ1n) is 6.02. The molecule has 0 aromatic heterocycles. The molecule has 1 heterocycles. The van der Waals surface area contributed by atoms with Crippen LogP contribution in [0.25, 0.3) is 0 Å². The van der Waals surface area contributed by atoms with Crippen LogP contribution in [0.1, 0.15) is 25.7 Å². The molecule has 2 amide bonds. The quantitative estimate of drug-likeness (QED) is 0.733. The molecule has 0 spiro atoms. The normalized spacial score (nSPS) is 16.4. The van der Waals surface area contributed by atoms with Crippen LogP contribution in [0.15, 0.2) is 0 Å². The van der Waals surface area contributed by atoms with Crippen LogP contribution in [0, 0.1) is 0 Å². The molecule has 0 bridgehead atoms. The fourth-order valence-electron chi connectivity index (χ4n) is 1.66. The van der Waals surface area contributed by atoms with E-state index in [0.717, 1.165) is 37.4 Å². The van der Waals surface area contributed by atoms with Gasteiger partial charge in [0.25, 0.3) is 0 Å². The number of carbonyl (C=O) groups is 2. The summed E-state index contributed by atoms with van der Waals surface area (Å²) in [4.78, 5) is 23.9. The van der Waals surface area contributed by atoms with Crippen LogP contribution in [0.4, 0.5) is 4.79 Å². The maximum atomic E-state index is 11.7. The van der Waals surface area contributed by atoms with E-state index in [1.165, 1.54) is 0 Å². The minimum absolute atomic E-state index is 0.0113. The van der Waals surface area contributed by atoms with E-state index < -0.39 is 5.97 Å². The van der Waals surface area contributed by atoms with Crippen LogP contribution < -0.4 is 5.32 Å². The molecule has 0 unspecified atom stereocenters. The second-order valence-corrected chi connectivity index (χ2v) is 5.26. The van der Waals surface area contributed by atoms with Crippen LogP contribution in [0.5, 0.6) is 0 Å². The number of nitrogens with one attached hydrogen (secondary N) is 1. The van der Waals surface area contributed by atoms with Crippen LogP contribution in [0.3, 0.4) is 0 Å². The molecular formula is C11H20N2O3S. The van der Waals surface area contributed by atoms with Gasteiger partial charge in [-0.25, -0.2) is 4.79 Å². The molecule has 1 aliphatic rings. The SMILES string of the molecule is O=C(O)CCCCNC(=O)N1CCCSCC1. The molecule has 1 aliphatic heterocycles. The highest BCUT2D eigenvalue weighted by molar-refractivity contribution is 7.99. The number of carbonyl (C=O) groups excluding carboxylic acids is 1. The first-order chi connectivity index (χ1) is 8.20. The van der Waals surface area contributed by atoms with Gasteiger partial charge in [0.1, 0.15) is 0 Å². The monoisotopic (exact) mass is 260 g/mol. The van der Waals surface area contributed by atoms with Gasteiger partial charge < -0.3 is 15.3 Å². The lowest BCUT2D eigenvalue weighted by Crippen LogP contribution is -2.41. The van der Waals surface area contributed by atoms with Gasteiger partial charge in [-0.2, -0.15) is 11.8 Å². The molecular weight excluding hydrogens is 240 g/mol. The summed E-state index contributed by atoms with van der Waals surface area (Å²) in [6.45, 7) is 2.20. The van der Waals surface area contributed by atoms with Crippen molar-refractivity contribution in [1.29, 1.82) is 0 Å². The summed E-state index contributed by atoms with van der Waals surface area (Å²) in [7, 11) is 0. The summed E-state index contributed by atoms with van der Waals surface area (Å²) in [5.74, 6) is 1.36. The average molecular weight is 260 g/mol. The van der Waals surface area contributed by atoms with Crippen molar-refractivity contribution in [2.24, 2.45) is 0 Å². The van der Waals surface area contributed by atoms with Gasteiger partial charge in [-0.05, 0) is 25.0 Å². The van der Waals surface area contributed by atoms with Crippen LogP contribution in [0.2, 0.25) is 0 Å². The van der Waals surface area contributed by atoms with E-state index in [0.29, 0.717) is 13.0 Å². The second-order valence-electron chi connectivity index (χ2n) is 4.04. The number of aliphatic carboxylic acids is 1. The maximum Gasteiger partial charge on any atom is 0.317 e. The molecule has 98 valence electrons. The third-order valence-electron chi connectivity index (χ3n) is 2.60. The Balaban J connectivity index is 2.09. The number of nitrogens with zero attached hydrogens (tertiary/aromatic N) is 1. The number of carboxylic acid groups (broad SMARTS) is 1. The second kappa shape index (κ2) is 8.22. The van der Waals surface area contributed by atoms with Gasteiger partial charge in [0.15, 0.2) is 0 Å². The summed E-state index contributed by atoms with van der Waals surface area (Å²) in [5, 5.41) is 11.3. The molecule has 2 N–H and O–H groups in total. The molecule has 17 heavy (non-hydrogen) atoms. The smallest absolute Gasteiger partial charge is 0.317 e. The molecule has 1 rings (SSSR count). The van der Waals surface area contributed by atoms with Gasteiger partial charge in [-0.3, -0.25) is 4.79 Å². The summed E-state index contributed by atoms with van der Waals surface area (Å²) in [5.41, 5.74) is 0. The van der Waals surface area contributed by atoms with E-state index in [4.69, 9.17) is 5.11 Å². The van der Waals surface area contributed by atoms with Crippen molar-refractivity contribution in [3.05, 3.63) is 0 Å². The van der Waals surface area contributed by atoms with E-state index in [2.05, 4.69) is 5.32 Å².